The van der Waals surface area contributed by atoms with Gasteiger partial charge in [0.25, 0.3) is 0 Å². The van der Waals surface area contributed by atoms with Crippen LogP contribution in [-0.4, -0.2) is 30.2 Å². The van der Waals surface area contributed by atoms with E-state index in [1.54, 1.807) is 0 Å². The quantitative estimate of drug-likeness (QED) is 0.867. The normalized spacial score (nSPS) is 20.8. The van der Waals surface area contributed by atoms with Crippen molar-refractivity contribution in [1.29, 1.82) is 0 Å². The lowest BCUT2D eigenvalue weighted by Gasteiger charge is -2.23. The highest BCUT2D eigenvalue weighted by molar-refractivity contribution is 9.10. The van der Waals surface area contributed by atoms with Gasteiger partial charge >= 0.3 is 0 Å². The van der Waals surface area contributed by atoms with Crippen molar-refractivity contribution < 1.29 is 4.74 Å². The van der Waals surface area contributed by atoms with Crippen molar-refractivity contribution in [3.63, 3.8) is 0 Å². The summed E-state index contributed by atoms with van der Waals surface area (Å²) >= 11 is 3.41. The van der Waals surface area contributed by atoms with E-state index in [-0.39, 0.29) is 0 Å². The lowest BCUT2D eigenvalue weighted by Crippen LogP contribution is -2.34. The zero-order valence-corrected chi connectivity index (χ0v) is 11.8. The molecule has 1 fully saturated rings. The third-order valence-electron chi connectivity index (χ3n) is 3.05. The van der Waals surface area contributed by atoms with E-state index in [1.807, 2.05) is 20.2 Å². The molecule has 0 unspecified atom stereocenters. The minimum Gasteiger partial charge on any atom is -0.491 e. The van der Waals surface area contributed by atoms with Crippen LogP contribution in [0.2, 0.25) is 0 Å². The summed E-state index contributed by atoms with van der Waals surface area (Å²) in [4.78, 5) is 4.35. The number of aromatic nitrogens is 1. The maximum Gasteiger partial charge on any atom is 0.152 e. The second kappa shape index (κ2) is 5.80. The molecule has 2 rings (SSSR count). The van der Waals surface area contributed by atoms with Gasteiger partial charge in [-0.3, -0.25) is 5.43 Å². The number of hydrogen-bond acceptors (Lipinski definition) is 4. The van der Waals surface area contributed by atoms with E-state index >= 15 is 0 Å². The molecule has 1 N–H and O–H groups in total. The van der Waals surface area contributed by atoms with Crippen LogP contribution >= 0.6 is 15.9 Å². The van der Waals surface area contributed by atoms with Crippen molar-refractivity contribution >= 4 is 15.9 Å². The molecule has 1 aliphatic heterocycles. The van der Waals surface area contributed by atoms with Crippen LogP contribution in [0.15, 0.2) is 16.9 Å². The Bertz CT molecular complexity index is 386. The summed E-state index contributed by atoms with van der Waals surface area (Å²) in [6.45, 7) is 3.72. The molecule has 1 atom stereocenters. The Balaban J connectivity index is 2.23. The van der Waals surface area contributed by atoms with E-state index in [4.69, 9.17) is 4.74 Å². The Morgan fingerprint density at radius 2 is 2.47 bits per heavy atom. The molecular weight excluding hydrogens is 282 g/mol. The average molecular weight is 300 g/mol. The van der Waals surface area contributed by atoms with Gasteiger partial charge < -0.3 is 4.74 Å². The largest absolute Gasteiger partial charge is 0.491 e. The fourth-order valence-electron chi connectivity index (χ4n) is 2.26. The molecule has 17 heavy (non-hydrogen) atoms. The summed E-state index contributed by atoms with van der Waals surface area (Å²) in [7, 11) is 1.97. The van der Waals surface area contributed by atoms with Gasteiger partial charge in [0.2, 0.25) is 0 Å². The van der Waals surface area contributed by atoms with E-state index in [9.17, 15) is 0 Å². The number of ether oxygens (including phenoxy) is 1. The molecule has 0 spiro atoms. The fraction of sp³-hybridized carbons (Fsp3) is 0.583. The Morgan fingerprint density at radius 3 is 3.18 bits per heavy atom. The van der Waals surface area contributed by atoms with Gasteiger partial charge in [0, 0.05) is 12.7 Å². The minimum absolute atomic E-state index is 0.403. The first-order valence-electron chi connectivity index (χ1n) is 5.98. The SMILES string of the molecule is CCOc1cc([C@H]2CCCN2NC)cnc1Br. The van der Waals surface area contributed by atoms with Crippen LogP contribution in [0.5, 0.6) is 5.75 Å². The fourth-order valence-corrected chi connectivity index (χ4v) is 2.59. The van der Waals surface area contributed by atoms with Crippen molar-refractivity contribution in [2.45, 2.75) is 25.8 Å². The zero-order valence-electron chi connectivity index (χ0n) is 10.2. The molecule has 0 bridgehead atoms. The molecular formula is C12H18BrN3O. The van der Waals surface area contributed by atoms with Crippen molar-refractivity contribution in [2.24, 2.45) is 0 Å². The first-order chi connectivity index (χ1) is 8.26. The number of hydrazine groups is 1. The Hall–Kier alpha value is -0.650. The Morgan fingerprint density at radius 1 is 1.65 bits per heavy atom. The Kier molecular flexibility index (Phi) is 4.36. The second-order valence-corrected chi connectivity index (χ2v) is 4.82. The van der Waals surface area contributed by atoms with Gasteiger partial charge in [0.05, 0.1) is 12.6 Å². The van der Waals surface area contributed by atoms with Crippen molar-refractivity contribution in [2.75, 3.05) is 20.2 Å². The number of halogens is 1. The van der Waals surface area contributed by atoms with Crippen LogP contribution in [0.1, 0.15) is 31.4 Å². The standard InChI is InChI=1S/C12H18BrN3O/c1-3-17-11-7-9(8-15-12(11)13)10-5-4-6-16(10)14-2/h7-8,10,14H,3-6H2,1-2H3/t10-/m1/s1. The molecule has 1 aromatic heterocycles. The lowest BCUT2D eigenvalue weighted by atomic mass is 10.1. The number of nitrogens with zero attached hydrogens (tertiary/aromatic N) is 2. The van der Waals surface area contributed by atoms with Crippen LogP contribution in [0.3, 0.4) is 0 Å². The van der Waals surface area contributed by atoms with Gasteiger partial charge in [0.15, 0.2) is 5.75 Å². The number of hydrogen-bond donors (Lipinski definition) is 1. The van der Waals surface area contributed by atoms with Crippen LogP contribution in [0.4, 0.5) is 0 Å². The molecule has 1 aliphatic rings. The van der Waals surface area contributed by atoms with Gasteiger partial charge in [0.1, 0.15) is 4.60 Å². The van der Waals surface area contributed by atoms with E-state index < -0.39 is 0 Å². The number of nitrogens with one attached hydrogen (secondary N) is 1. The third kappa shape index (κ3) is 2.78. The Labute approximate surface area is 110 Å². The van der Waals surface area contributed by atoms with Crippen molar-refractivity contribution in [3.05, 3.63) is 22.4 Å². The summed E-state index contributed by atoms with van der Waals surface area (Å²) in [5.74, 6) is 0.827. The topological polar surface area (TPSA) is 37.4 Å². The van der Waals surface area contributed by atoms with Crippen LogP contribution in [0.25, 0.3) is 0 Å². The molecule has 5 heteroatoms. The maximum absolute atomic E-state index is 5.56. The maximum atomic E-state index is 5.56. The molecule has 1 aromatic rings. The number of rotatable bonds is 4. The van der Waals surface area contributed by atoms with Crippen molar-refractivity contribution in [1.82, 2.24) is 15.4 Å². The summed E-state index contributed by atoms with van der Waals surface area (Å²) in [5.41, 5.74) is 4.44. The zero-order chi connectivity index (χ0) is 12.3. The number of pyridine rings is 1. The lowest BCUT2D eigenvalue weighted by molar-refractivity contribution is 0.190. The molecule has 1 saturated heterocycles. The highest BCUT2D eigenvalue weighted by atomic mass is 79.9. The predicted molar refractivity (Wildman–Crippen MR) is 70.8 cm³/mol. The van der Waals surface area contributed by atoms with Crippen LogP contribution in [0, 0.1) is 0 Å². The van der Waals surface area contributed by atoms with Gasteiger partial charge in [-0.05, 0) is 54.4 Å². The first kappa shape index (κ1) is 12.8. The molecule has 2 heterocycles. The van der Waals surface area contributed by atoms with Crippen LogP contribution in [-0.2, 0) is 0 Å². The smallest absolute Gasteiger partial charge is 0.152 e. The van der Waals surface area contributed by atoms with Gasteiger partial charge in [-0.2, -0.15) is 0 Å². The summed E-state index contributed by atoms with van der Waals surface area (Å²) < 4.78 is 6.33. The molecule has 0 amide bonds. The van der Waals surface area contributed by atoms with Crippen LogP contribution < -0.4 is 10.2 Å². The van der Waals surface area contributed by atoms with E-state index in [0.717, 1.165) is 23.3 Å². The molecule has 0 aliphatic carbocycles. The third-order valence-corrected chi connectivity index (χ3v) is 3.65. The minimum atomic E-state index is 0.403. The molecule has 94 valence electrons. The van der Waals surface area contributed by atoms with E-state index in [1.165, 1.54) is 12.0 Å². The predicted octanol–water partition coefficient (Wildman–Crippen LogP) is 2.51. The van der Waals surface area contributed by atoms with Gasteiger partial charge in [-0.15, -0.1) is 0 Å². The van der Waals surface area contributed by atoms with Crippen molar-refractivity contribution in [3.8, 4) is 5.75 Å². The average Bonchev–Trinajstić information content (AvgIpc) is 2.80. The summed E-state index contributed by atoms with van der Waals surface area (Å²) in [6, 6.07) is 2.49. The van der Waals surface area contributed by atoms with E-state index in [0.29, 0.717) is 12.6 Å². The van der Waals surface area contributed by atoms with Gasteiger partial charge in [-0.1, -0.05) is 0 Å². The van der Waals surface area contributed by atoms with E-state index in [2.05, 4.69) is 37.4 Å². The monoisotopic (exact) mass is 299 g/mol. The molecule has 0 saturated carbocycles. The molecule has 0 radical (unpaired) electrons. The summed E-state index contributed by atoms with van der Waals surface area (Å²) in [5, 5.41) is 2.25. The summed E-state index contributed by atoms with van der Waals surface area (Å²) in [6.07, 6.45) is 4.30. The molecule has 0 aromatic carbocycles. The first-order valence-corrected chi connectivity index (χ1v) is 6.77. The second-order valence-electron chi connectivity index (χ2n) is 4.07. The van der Waals surface area contributed by atoms with Gasteiger partial charge in [-0.25, -0.2) is 9.99 Å². The molecule has 4 nitrogen and oxygen atoms in total. The highest BCUT2D eigenvalue weighted by Crippen LogP contribution is 2.33. The highest BCUT2D eigenvalue weighted by Gasteiger charge is 2.25.